The van der Waals surface area contributed by atoms with Gasteiger partial charge in [-0.15, -0.1) is 0 Å². The number of benzene rings is 3. The van der Waals surface area contributed by atoms with Gasteiger partial charge in [0.1, 0.15) is 11.5 Å². The van der Waals surface area contributed by atoms with Crippen molar-refractivity contribution in [2.24, 2.45) is 0 Å². The van der Waals surface area contributed by atoms with E-state index in [0.29, 0.717) is 33.4 Å². The van der Waals surface area contributed by atoms with E-state index in [9.17, 15) is 4.79 Å². The minimum absolute atomic E-state index is 0.386. The summed E-state index contributed by atoms with van der Waals surface area (Å²) in [6.45, 7) is 1.94. The lowest BCUT2D eigenvalue weighted by molar-refractivity contribution is 0.262. The number of halogens is 1. The number of pyridine rings is 1. The summed E-state index contributed by atoms with van der Waals surface area (Å²) in [7, 11) is 0. The smallest absolute Gasteiger partial charge is 0.323 e. The van der Waals surface area contributed by atoms with Crippen LogP contribution < -0.4 is 15.4 Å². The van der Waals surface area contributed by atoms with Crippen molar-refractivity contribution in [1.29, 1.82) is 0 Å². The van der Waals surface area contributed by atoms with Gasteiger partial charge >= 0.3 is 6.03 Å². The first kappa shape index (κ1) is 22.3. The van der Waals surface area contributed by atoms with E-state index in [1.807, 2.05) is 43.3 Å². The van der Waals surface area contributed by atoms with E-state index in [2.05, 4.69) is 20.6 Å². The fourth-order valence-electron chi connectivity index (χ4n) is 3.45. The van der Waals surface area contributed by atoms with E-state index >= 15 is 0 Å². The van der Waals surface area contributed by atoms with E-state index in [0.717, 1.165) is 22.5 Å². The minimum atomic E-state index is -0.386. The second kappa shape index (κ2) is 9.79. The first-order chi connectivity index (χ1) is 17.0. The summed E-state index contributed by atoms with van der Waals surface area (Å²) in [6.07, 6.45) is 3.52. The summed E-state index contributed by atoms with van der Waals surface area (Å²) >= 11 is 5.97. The number of nitrogens with zero attached hydrogens (tertiary/aromatic N) is 3. The lowest BCUT2D eigenvalue weighted by Gasteiger charge is -2.11. The third-order valence-corrected chi connectivity index (χ3v) is 5.37. The second-order valence-corrected chi connectivity index (χ2v) is 8.25. The molecule has 0 aliphatic heterocycles. The minimum Gasteiger partial charge on any atom is -0.457 e. The van der Waals surface area contributed by atoms with Gasteiger partial charge in [-0.3, -0.25) is 9.97 Å². The van der Waals surface area contributed by atoms with Crippen LogP contribution in [-0.4, -0.2) is 21.0 Å². The molecule has 0 fully saturated rings. The molecule has 0 saturated carbocycles. The van der Waals surface area contributed by atoms with Crippen LogP contribution in [0.4, 0.5) is 16.2 Å². The van der Waals surface area contributed by atoms with Gasteiger partial charge in [-0.2, -0.15) is 0 Å². The van der Waals surface area contributed by atoms with E-state index in [4.69, 9.17) is 21.3 Å². The molecule has 0 unspecified atom stereocenters. The van der Waals surface area contributed by atoms with Gasteiger partial charge in [-0.25, -0.2) is 9.78 Å². The molecule has 0 spiro atoms. The van der Waals surface area contributed by atoms with Crippen LogP contribution in [0.25, 0.3) is 22.3 Å². The van der Waals surface area contributed by atoms with Crippen molar-refractivity contribution in [1.82, 2.24) is 15.0 Å². The Morgan fingerprint density at radius 2 is 1.57 bits per heavy atom. The maximum Gasteiger partial charge on any atom is 0.323 e. The first-order valence-electron chi connectivity index (χ1n) is 10.8. The number of hydrogen-bond acceptors (Lipinski definition) is 5. The van der Waals surface area contributed by atoms with E-state index in [1.54, 1.807) is 54.9 Å². The third-order valence-electron chi connectivity index (χ3n) is 5.13. The summed E-state index contributed by atoms with van der Waals surface area (Å²) in [5.74, 6) is 1.17. The molecule has 0 saturated heterocycles. The van der Waals surface area contributed by atoms with Crippen molar-refractivity contribution in [2.45, 2.75) is 6.92 Å². The van der Waals surface area contributed by atoms with Crippen molar-refractivity contribution in [3.05, 3.63) is 102 Å². The zero-order valence-electron chi connectivity index (χ0n) is 18.7. The number of aromatic nitrogens is 3. The predicted molar refractivity (Wildman–Crippen MR) is 138 cm³/mol. The van der Waals surface area contributed by atoms with Gasteiger partial charge in [-0.05, 0) is 61.5 Å². The number of carbonyl (C=O) groups excluding carboxylic acids is 1. The molecule has 2 aromatic heterocycles. The molecule has 0 bridgehead atoms. The van der Waals surface area contributed by atoms with E-state index in [1.165, 1.54) is 0 Å². The van der Waals surface area contributed by atoms with Gasteiger partial charge in [0, 0.05) is 46.0 Å². The van der Waals surface area contributed by atoms with E-state index in [-0.39, 0.29) is 6.03 Å². The van der Waals surface area contributed by atoms with E-state index < -0.39 is 0 Å². The number of ether oxygens (including phenoxy) is 1. The fourth-order valence-corrected chi connectivity index (χ4v) is 3.64. The Hall–Kier alpha value is -4.49. The number of aryl methyl sites for hydroxylation is 1. The van der Waals surface area contributed by atoms with Gasteiger partial charge in [0.05, 0.1) is 22.9 Å². The van der Waals surface area contributed by atoms with Crippen molar-refractivity contribution >= 4 is 40.0 Å². The zero-order valence-corrected chi connectivity index (χ0v) is 19.5. The lowest BCUT2D eigenvalue weighted by Crippen LogP contribution is -2.19. The van der Waals surface area contributed by atoms with Crippen LogP contribution in [0.1, 0.15) is 5.69 Å². The number of hydrogen-bond donors (Lipinski definition) is 2. The summed E-state index contributed by atoms with van der Waals surface area (Å²) in [6, 6.07) is 23.1. The van der Waals surface area contributed by atoms with Crippen LogP contribution >= 0.6 is 11.6 Å². The highest BCUT2D eigenvalue weighted by atomic mass is 35.5. The molecule has 5 rings (SSSR count). The van der Waals surface area contributed by atoms with Crippen LogP contribution in [0, 0.1) is 6.92 Å². The van der Waals surface area contributed by atoms with Gasteiger partial charge in [-0.1, -0.05) is 23.7 Å². The average Bonchev–Trinajstić information content (AvgIpc) is 2.84. The Balaban J connectivity index is 1.31. The number of nitrogens with one attached hydrogen (secondary N) is 2. The molecule has 7 nitrogen and oxygen atoms in total. The maximum atomic E-state index is 12.4. The largest absolute Gasteiger partial charge is 0.457 e. The summed E-state index contributed by atoms with van der Waals surface area (Å²) in [5.41, 5.74) is 5.21. The molecular weight excluding hydrogens is 462 g/mol. The van der Waals surface area contributed by atoms with Gasteiger partial charge in [0.25, 0.3) is 0 Å². The number of carbonyl (C=O) groups is 1. The summed E-state index contributed by atoms with van der Waals surface area (Å²) < 4.78 is 6.03. The summed E-state index contributed by atoms with van der Waals surface area (Å²) in [4.78, 5) is 25.9. The number of rotatable bonds is 5. The quantitative estimate of drug-likeness (QED) is 0.279. The highest BCUT2D eigenvalue weighted by Crippen LogP contribution is 2.27. The molecule has 0 aliphatic carbocycles. The Morgan fingerprint density at radius 3 is 2.34 bits per heavy atom. The average molecular weight is 482 g/mol. The highest BCUT2D eigenvalue weighted by Gasteiger charge is 2.08. The van der Waals surface area contributed by atoms with Crippen LogP contribution in [0.2, 0.25) is 5.02 Å². The topological polar surface area (TPSA) is 89.0 Å². The normalized spacial score (nSPS) is 10.7. The fraction of sp³-hybridized carbons (Fsp3) is 0.0370. The number of fused-ring (bicyclic) bond motifs is 1. The molecular formula is C27H20ClN5O2. The maximum absolute atomic E-state index is 12.4. The number of amides is 2. The Bertz CT molecular complexity index is 1520. The van der Waals surface area contributed by atoms with Gasteiger partial charge in [0.15, 0.2) is 0 Å². The SMILES string of the molecule is Cc1ccc(-c2cnc3ccc(Oc4cccc(NC(=O)Nc5cccc(Cl)c5)c4)cc3n2)cn1. The van der Waals surface area contributed by atoms with Gasteiger partial charge < -0.3 is 15.4 Å². The first-order valence-corrected chi connectivity index (χ1v) is 11.2. The Morgan fingerprint density at radius 1 is 0.800 bits per heavy atom. The Labute approximate surface area is 206 Å². The zero-order chi connectivity index (χ0) is 24.2. The molecule has 0 radical (unpaired) electrons. The monoisotopic (exact) mass is 481 g/mol. The molecule has 0 atom stereocenters. The van der Waals surface area contributed by atoms with Crippen molar-refractivity contribution in [3.63, 3.8) is 0 Å². The molecule has 0 aliphatic rings. The molecule has 5 aromatic rings. The number of anilines is 2. The molecule has 3 aromatic carbocycles. The van der Waals surface area contributed by atoms with Crippen molar-refractivity contribution in [2.75, 3.05) is 10.6 Å². The lowest BCUT2D eigenvalue weighted by atomic mass is 10.2. The molecule has 172 valence electrons. The van der Waals surface area contributed by atoms with Crippen LogP contribution in [0.3, 0.4) is 0 Å². The highest BCUT2D eigenvalue weighted by molar-refractivity contribution is 6.30. The van der Waals surface area contributed by atoms with Crippen LogP contribution in [0.15, 0.2) is 91.3 Å². The van der Waals surface area contributed by atoms with Crippen molar-refractivity contribution in [3.8, 4) is 22.8 Å². The van der Waals surface area contributed by atoms with Crippen molar-refractivity contribution < 1.29 is 9.53 Å². The second-order valence-electron chi connectivity index (χ2n) is 7.81. The third kappa shape index (κ3) is 5.54. The standard InChI is InChI=1S/C27H20ClN5O2/c1-17-8-9-18(15-29-17)26-16-30-24-11-10-23(14-25(24)33-26)35-22-7-3-6-21(13-22)32-27(34)31-20-5-2-4-19(28)12-20/h2-16H,1H3,(H2,31,32,34). The van der Waals surface area contributed by atoms with Gasteiger partial charge in [0.2, 0.25) is 0 Å². The molecule has 8 heteroatoms. The van der Waals surface area contributed by atoms with Crippen LogP contribution in [-0.2, 0) is 0 Å². The summed E-state index contributed by atoms with van der Waals surface area (Å²) in [5, 5.41) is 6.08. The number of urea groups is 1. The molecule has 2 amide bonds. The molecule has 2 N–H and O–H groups in total. The Kier molecular flexibility index (Phi) is 6.24. The molecule has 35 heavy (non-hydrogen) atoms. The predicted octanol–water partition coefficient (Wildman–Crippen LogP) is 7.09. The van der Waals surface area contributed by atoms with Crippen LogP contribution in [0.5, 0.6) is 11.5 Å². The molecule has 2 heterocycles.